The topological polar surface area (TPSA) is 3.24 Å². The number of rotatable bonds is 9. The molecule has 0 bridgehead atoms. The molecule has 0 unspecified atom stereocenters. The Morgan fingerprint density at radius 2 is 1.11 bits per heavy atom. The molecule has 0 aromatic rings. The third kappa shape index (κ3) is 2.61. The van der Waals surface area contributed by atoms with Gasteiger partial charge in [-0.3, -0.25) is 0 Å². The molecule has 0 aromatic carbocycles. The van der Waals surface area contributed by atoms with Crippen LogP contribution >= 0.6 is 0 Å². The van der Waals surface area contributed by atoms with E-state index in [1.807, 2.05) is 0 Å². The van der Waals surface area contributed by atoms with Crippen LogP contribution in [-0.4, -0.2) is 24.5 Å². The van der Waals surface area contributed by atoms with Crippen molar-refractivity contribution in [2.45, 2.75) is 85.6 Å². The lowest BCUT2D eigenvalue weighted by atomic mass is 9.55. The Morgan fingerprint density at radius 1 is 0.722 bits per heavy atom. The minimum Gasteiger partial charge on any atom is -0.303 e. The first kappa shape index (κ1) is 18.0. The second kappa shape index (κ2) is 7.53. The Labute approximate surface area is 116 Å². The molecule has 0 fully saturated rings. The Hall–Kier alpha value is -0.0400. The highest BCUT2D eigenvalue weighted by Crippen LogP contribution is 2.53. The van der Waals surface area contributed by atoms with Crippen molar-refractivity contribution in [1.29, 1.82) is 0 Å². The van der Waals surface area contributed by atoms with E-state index in [9.17, 15) is 0 Å². The van der Waals surface area contributed by atoms with E-state index in [1.165, 1.54) is 38.5 Å². The van der Waals surface area contributed by atoms with Crippen molar-refractivity contribution < 1.29 is 0 Å². The first-order valence-corrected chi connectivity index (χ1v) is 8.13. The van der Waals surface area contributed by atoms with Crippen LogP contribution in [0.4, 0.5) is 0 Å². The fourth-order valence-electron chi connectivity index (χ4n) is 4.97. The predicted molar refractivity (Wildman–Crippen MR) is 84.1 cm³/mol. The van der Waals surface area contributed by atoms with E-state index in [1.54, 1.807) is 0 Å². The maximum atomic E-state index is 2.53. The first-order chi connectivity index (χ1) is 8.46. The predicted octanol–water partition coefficient (Wildman–Crippen LogP) is 5.35. The molecule has 0 aromatic heterocycles. The molecule has 0 amide bonds. The molecule has 0 saturated heterocycles. The molecule has 1 heteroatoms. The number of hydrogen-bond acceptors (Lipinski definition) is 1. The average Bonchev–Trinajstić information content (AvgIpc) is 2.39. The summed E-state index contributed by atoms with van der Waals surface area (Å²) in [5.74, 6) is 0.842. The van der Waals surface area contributed by atoms with Gasteiger partial charge in [-0.05, 0) is 51.1 Å². The van der Waals surface area contributed by atoms with Crippen molar-refractivity contribution in [3.63, 3.8) is 0 Å². The molecule has 110 valence electrons. The van der Waals surface area contributed by atoms with Crippen molar-refractivity contribution in [2.24, 2.45) is 11.3 Å². The lowest BCUT2D eigenvalue weighted by molar-refractivity contribution is -0.0668. The summed E-state index contributed by atoms with van der Waals surface area (Å²) in [5.41, 5.74) is 0.816. The standard InChI is InChI=1S/C17H37N/c1-9-15(10-2)16(11-3,12-4)17(13-5,14-6)18(7)8/h15H,9-14H2,1-8H3. The summed E-state index contributed by atoms with van der Waals surface area (Å²) in [7, 11) is 4.57. The van der Waals surface area contributed by atoms with Crippen molar-refractivity contribution in [2.75, 3.05) is 14.1 Å². The van der Waals surface area contributed by atoms with E-state index in [-0.39, 0.29) is 0 Å². The lowest BCUT2D eigenvalue weighted by Crippen LogP contribution is -2.59. The molecular weight excluding hydrogens is 218 g/mol. The zero-order chi connectivity index (χ0) is 14.4. The Balaban J connectivity index is 5.79. The smallest absolute Gasteiger partial charge is 0.0256 e. The van der Waals surface area contributed by atoms with Gasteiger partial charge in [-0.25, -0.2) is 0 Å². The first-order valence-electron chi connectivity index (χ1n) is 8.13. The third-order valence-corrected chi connectivity index (χ3v) is 5.98. The van der Waals surface area contributed by atoms with Crippen molar-refractivity contribution >= 4 is 0 Å². The van der Waals surface area contributed by atoms with Gasteiger partial charge in [-0.2, -0.15) is 0 Å². The van der Waals surface area contributed by atoms with Crippen LogP contribution in [0.25, 0.3) is 0 Å². The van der Waals surface area contributed by atoms with Crippen LogP contribution in [0.3, 0.4) is 0 Å². The normalized spacial score (nSPS) is 13.7. The van der Waals surface area contributed by atoms with Gasteiger partial charge in [-0.15, -0.1) is 0 Å². The van der Waals surface area contributed by atoms with Crippen LogP contribution in [0.15, 0.2) is 0 Å². The summed E-state index contributed by atoms with van der Waals surface area (Å²) in [5, 5.41) is 0. The van der Waals surface area contributed by atoms with Crippen LogP contribution in [0.1, 0.15) is 80.1 Å². The highest BCUT2D eigenvalue weighted by molar-refractivity contribution is 5.04. The van der Waals surface area contributed by atoms with Gasteiger partial charge in [0.05, 0.1) is 0 Å². The molecule has 0 atom stereocenters. The van der Waals surface area contributed by atoms with Gasteiger partial charge in [-0.1, -0.05) is 54.4 Å². The fourth-order valence-corrected chi connectivity index (χ4v) is 4.97. The molecule has 0 radical (unpaired) electrons. The molecule has 18 heavy (non-hydrogen) atoms. The summed E-state index contributed by atoms with van der Waals surface area (Å²) in [6.45, 7) is 14.3. The van der Waals surface area contributed by atoms with Crippen LogP contribution in [0.5, 0.6) is 0 Å². The Morgan fingerprint density at radius 3 is 1.28 bits per heavy atom. The van der Waals surface area contributed by atoms with Crippen LogP contribution in [-0.2, 0) is 0 Å². The minimum absolute atomic E-state index is 0.354. The zero-order valence-corrected chi connectivity index (χ0v) is 14.3. The lowest BCUT2D eigenvalue weighted by Gasteiger charge is -2.57. The van der Waals surface area contributed by atoms with Gasteiger partial charge in [0.15, 0.2) is 0 Å². The molecule has 1 nitrogen and oxygen atoms in total. The van der Waals surface area contributed by atoms with E-state index in [0.29, 0.717) is 11.0 Å². The second-order valence-electron chi connectivity index (χ2n) is 6.01. The highest BCUT2D eigenvalue weighted by Gasteiger charge is 2.51. The molecule has 0 rings (SSSR count). The molecule has 0 aliphatic rings. The minimum atomic E-state index is 0.354. The Bertz CT molecular complexity index is 208. The maximum Gasteiger partial charge on any atom is 0.0256 e. The van der Waals surface area contributed by atoms with Gasteiger partial charge in [0.25, 0.3) is 0 Å². The maximum absolute atomic E-state index is 2.53. The van der Waals surface area contributed by atoms with E-state index in [4.69, 9.17) is 0 Å². The quantitative estimate of drug-likeness (QED) is 0.537. The summed E-state index contributed by atoms with van der Waals surface area (Å²) in [6.07, 6.45) is 7.75. The molecule has 0 aliphatic heterocycles. The van der Waals surface area contributed by atoms with Crippen LogP contribution < -0.4 is 0 Å². The van der Waals surface area contributed by atoms with Gasteiger partial charge in [0, 0.05) is 5.54 Å². The van der Waals surface area contributed by atoms with E-state index in [2.05, 4.69) is 60.5 Å². The second-order valence-corrected chi connectivity index (χ2v) is 6.01. The summed E-state index contributed by atoms with van der Waals surface area (Å²) >= 11 is 0. The molecule has 0 saturated carbocycles. The third-order valence-electron chi connectivity index (χ3n) is 5.98. The Kier molecular flexibility index (Phi) is 7.51. The van der Waals surface area contributed by atoms with Crippen LogP contribution in [0.2, 0.25) is 0 Å². The van der Waals surface area contributed by atoms with Crippen LogP contribution in [0, 0.1) is 11.3 Å². The summed E-state index contributed by atoms with van der Waals surface area (Å²) < 4.78 is 0. The highest BCUT2D eigenvalue weighted by atomic mass is 15.2. The van der Waals surface area contributed by atoms with E-state index in [0.717, 1.165) is 5.92 Å². The SMILES string of the molecule is CCC(CC)C(CC)(CC)C(CC)(CC)N(C)C. The zero-order valence-electron chi connectivity index (χ0n) is 14.3. The molecule has 0 aliphatic carbocycles. The molecule has 0 spiro atoms. The number of hydrogen-bond donors (Lipinski definition) is 0. The van der Waals surface area contributed by atoms with E-state index < -0.39 is 0 Å². The van der Waals surface area contributed by atoms with Crippen molar-refractivity contribution in [1.82, 2.24) is 4.90 Å². The largest absolute Gasteiger partial charge is 0.303 e. The monoisotopic (exact) mass is 255 g/mol. The van der Waals surface area contributed by atoms with Crippen molar-refractivity contribution in [3.05, 3.63) is 0 Å². The summed E-state index contributed by atoms with van der Waals surface area (Å²) in [4.78, 5) is 2.53. The summed E-state index contributed by atoms with van der Waals surface area (Å²) in [6, 6.07) is 0. The van der Waals surface area contributed by atoms with Gasteiger partial charge >= 0.3 is 0 Å². The van der Waals surface area contributed by atoms with Gasteiger partial charge in [0.2, 0.25) is 0 Å². The number of nitrogens with zero attached hydrogens (tertiary/aromatic N) is 1. The fraction of sp³-hybridized carbons (Fsp3) is 1.00. The average molecular weight is 255 g/mol. The van der Waals surface area contributed by atoms with Gasteiger partial charge < -0.3 is 4.90 Å². The van der Waals surface area contributed by atoms with E-state index >= 15 is 0 Å². The van der Waals surface area contributed by atoms with Gasteiger partial charge in [0.1, 0.15) is 0 Å². The molecule has 0 heterocycles. The van der Waals surface area contributed by atoms with Crippen molar-refractivity contribution in [3.8, 4) is 0 Å². The molecular formula is C17H37N. The molecule has 0 N–H and O–H groups in total.